The lowest BCUT2D eigenvalue weighted by molar-refractivity contribution is 0.0664. The third-order valence-corrected chi connectivity index (χ3v) is 4.57. The highest BCUT2D eigenvalue weighted by molar-refractivity contribution is 5.92. The van der Waals surface area contributed by atoms with Crippen LogP contribution in [-0.4, -0.2) is 42.3 Å². The predicted molar refractivity (Wildman–Crippen MR) is 93.5 cm³/mol. The number of carbonyl (C=O) groups excluding carboxylic acids is 1. The number of rotatable bonds is 3. The molecule has 0 saturated heterocycles. The molecule has 8 heteroatoms. The molecule has 1 N–H and O–H groups in total. The van der Waals surface area contributed by atoms with Crippen LogP contribution in [0.3, 0.4) is 0 Å². The number of aromatic amines is 1. The molecule has 3 aromatic rings. The maximum Gasteiger partial charge on any atom is 0.274 e. The Bertz CT molecular complexity index is 974. The van der Waals surface area contributed by atoms with E-state index in [1.807, 2.05) is 25.1 Å². The van der Waals surface area contributed by atoms with E-state index in [0.29, 0.717) is 13.1 Å². The molecule has 0 saturated carbocycles. The molecule has 1 aliphatic heterocycles. The van der Waals surface area contributed by atoms with Crippen molar-refractivity contribution < 1.29 is 4.79 Å². The fourth-order valence-electron chi connectivity index (χ4n) is 3.39. The first-order valence-electron chi connectivity index (χ1n) is 8.41. The van der Waals surface area contributed by atoms with Crippen LogP contribution in [0.2, 0.25) is 0 Å². The molecule has 0 bridgehead atoms. The predicted octanol–water partition coefficient (Wildman–Crippen LogP) is 1.11. The molecular weight excluding hydrogens is 332 g/mol. The van der Waals surface area contributed by atoms with Gasteiger partial charge in [0.25, 0.3) is 11.5 Å². The molecule has 0 radical (unpaired) electrons. The van der Waals surface area contributed by atoms with Crippen LogP contribution in [-0.2, 0) is 13.0 Å². The van der Waals surface area contributed by atoms with Gasteiger partial charge in [-0.25, -0.2) is 5.10 Å². The third kappa shape index (κ3) is 3.01. The van der Waals surface area contributed by atoms with Crippen LogP contribution in [0.5, 0.6) is 0 Å². The molecule has 1 atom stereocenters. The molecule has 26 heavy (non-hydrogen) atoms. The Morgan fingerprint density at radius 2 is 2.00 bits per heavy atom. The van der Waals surface area contributed by atoms with Gasteiger partial charge in [0.2, 0.25) is 0 Å². The minimum Gasteiger partial charge on any atom is -0.328 e. The van der Waals surface area contributed by atoms with E-state index in [0.717, 1.165) is 18.1 Å². The summed E-state index contributed by atoms with van der Waals surface area (Å²) in [5, 5.41) is 14.6. The van der Waals surface area contributed by atoms with E-state index < -0.39 is 0 Å². The number of aromatic nitrogens is 5. The second-order valence-electron chi connectivity index (χ2n) is 6.37. The van der Waals surface area contributed by atoms with Gasteiger partial charge >= 0.3 is 0 Å². The Labute approximate surface area is 149 Å². The van der Waals surface area contributed by atoms with E-state index in [9.17, 15) is 9.59 Å². The minimum absolute atomic E-state index is 0.0443. The number of H-pyrrole nitrogens is 1. The minimum atomic E-state index is -0.336. The van der Waals surface area contributed by atoms with Crippen molar-refractivity contribution in [3.63, 3.8) is 0 Å². The molecule has 1 aromatic carbocycles. The molecule has 0 fully saturated rings. The Kier molecular flexibility index (Phi) is 4.08. The van der Waals surface area contributed by atoms with Gasteiger partial charge in [0, 0.05) is 12.6 Å². The van der Waals surface area contributed by atoms with Gasteiger partial charge in [-0.1, -0.05) is 30.3 Å². The number of aryl methyl sites for hydroxylation is 1. The fourth-order valence-corrected chi connectivity index (χ4v) is 3.39. The molecule has 0 unspecified atom stereocenters. The summed E-state index contributed by atoms with van der Waals surface area (Å²) in [5.41, 5.74) is 1.07. The zero-order valence-corrected chi connectivity index (χ0v) is 14.3. The van der Waals surface area contributed by atoms with E-state index >= 15 is 0 Å². The van der Waals surface area contributed by atoms with Crippen LogP contribution >= 0.6 is 0 Å². The number of nitrogens with one attached hydrogen (secondary N) is 1. The summed E-state index contributed by atoms with van der Waals surface area (Å²) in [7, 11) is 0. The van der Waals surface area contributed by atoms with Crippen LogP contribution < -0.4 is 5.56 Å². The standard InChI is InChI=1S/C18H18N6O2/c1-12-19-21-16-11-23(18(26)15-7-8-17(25)22-20-15)10-14(24(12)16)9-13-5-3-2-4-6-13/h2-8,14H,9-11H2,1H3,(H,22,25)/t14-/m1/s1. The highest BCUT2D eigenvalue weighted by atomic mass is 16.2. The monoisotopic (exact) mass is 350 g/mol. The molecule has 2 aromatic heterocycles. The van der Waals surface area contributed by atoms with Crippen molar-refractivity contribution in [3.05, 3.63) is 75.7 Å². The number of nitrogens with zero attached hydrogens (tertiary/aromatic N) is 5. The van der Waals surface area contributed by atoms with E-state index in [-0.39, 0.29) is 23.2 Å². The lowest BCUT2D eigenvalue weighted by Gasteiger charge is -2.34. The lowest BCUT2D eigenvalue weighted by Crippen LogP contribution is -2.42. The maximum atomic E-state index is 12.8. The van der Waals surface area contributed by atoms with Crippen molar-refractivity contribution in [2.24, 2.45) is 0 Å². The smallest absolute Gasteiger partial charge is 0.274 e. The summed E-state index contributed by atoms with van der Waals surface area (Å²) in [6, 6.07) is 12.9. The van der Waals surface area contributed by atoms with Crippen molar-refractivity contribution in [3.8, 4) is 0 Å². The molecule has 0 spiro atoms. The Morgan fingerprint density at radius 3 is 2.73 bits per heavy atom. The number of carbonyl (C=O) groups is 1. The van der Waals surface area contributed by atoms with Crippen molar-refractivity contribution in [2.75, 3.05) is 6.54 Å². The second-order valence-corrected chi connectivity index (χ2v) is 6.37. The summed E-state index contributed by atoms with van der Waals surface area (Å²) >= 11 is 0. The van der Waals surface area contributed by atoms with Crippen molar-refractivity contribution >= 4 is 5.91 Å². The van der Waals surface area contributed by atoms with Crippen LogP contribution in [0.25, 0.3) is 0 Å². The van der Waals surface area contributed by atoms with Gasteiger partial charge in [0.15, 0.2) is 5.82 Å². The molecule has 8 nitrogen and oxygen atoms in total. The number of amides is 1. The molecule has 3 heterocycles. The first-order valence-corrected chi connectivity index (χ1v) is 8.41. The third-order valence-electron chi connectivity index (χ3n) is 4.57. The molecule has 4 rings (SSSR count). The molecule has 1 aliphatic rings. The van der Waals surface area contributed by atoms with Crippen molar-refractivity contribution in [2.45, 2.75) is 25.9 Å². The Hall–Kier alpha value is -3.29. The lowest BCUT2D eigenvalue weighted by atomic mass is 10.0. The average molecular weight is 350 g/mol. The highest BCUT2D eigenvalue weighted by Crippen LogP contribution is 2.25. The molecular formula is C18H18N6O2. The van der Waals surface area contributed by atoms with Crippen molar-refractivity contribution in [1.82, 2.24) is 29.9 Å². The van der Waals surface area contributed by atoms with Gasteiger partial charge in [0.05, 0.1) is 12.6 Å². The quantitative estimate of drug-likeness (QED) is 0.763. The van der Waals surface area contributed by atoms with Gasteiger partial charge < -0.3 is 9.47 Å². The summed E-state index contributed by atoms with van der Waals surface area (Å²) < 4.78 is 2.11. The van der Waals surface area contributed by atoms with Gasteiger partial charge in [-0.15, -0.1) is 10.2 Å². The summed E-state index contributed by atoms with van der Waals surface area (Å²) in [6.07, 6.45) is 0.773. The summed E-state index contributed by atoms with van der Waals surface area (Å²) in [5.74, 6) is 1.37. The van der Waals surface area contributed by atoms with Crippen LogP contribution in [0.4, 0.5) is 0 Å². The number of benzene rings is 1. The van der Waals surface area contributed by atoms with E-state index in [4.69, 9.17) is 0 Å². The SMILES string of the molecule is Cc1nnc2n1[C@H](Cc1ccccc1)CN(C(=O)c1ccc(=O)[nH]n1)C2. The first-order chi connectivity index (χ1) is 12.6. The fraction of sp³-hybridized carbons (Fsp3) is 0.278. The highest BCUT2D eigenvalue weighted by Gasteiger charge is 2.31. The summed E-state index contributed by atoms with van der Waals surface area (Å²) in [6.45, 7) is 2.82. The Morgan fingerprint density at radius 1 is 1.19 bits per heavy atom. The topological polar surface area (TPSA) is 96.8 Å². The van der Waals surface area contributed by atoms with Crippen molar-refractivity contribution in [1.29, 1.82) is 0 Å². The average Bonchev–Trinajstić information content (AvgIpc) is 3.04. The number of fused-ring (bicyclic) bond motifs is 1. The van der Waals surface area contributed by atoms with Gasteiger partial charge in [-0.05, 0) is 25.0 Å². The normalized spacial score (nSPS) is 16.3. The largest absolute Gasteiger partial charge is 0.328 e. The van der Waals surface area contributed by atoms with Crippen LogP contribution in [0, 0.1) is 6.92 Å². The molecule has 0 aliphatic carbocycles. The van der Waals surface area contributed by atoms with Gasteiger partial charge in [-0.2, -0.15) is 5.10 Å². The van der Waals surface area contributed by atoms with E-state index in [1.54, 1.807) is 4.90 Å². The second kappa shape index (κ2) is 6.55. The van der Waals surface area contributed by atoms with Crippen LogP contribution in [0.1, 0.15) is 33.7 Å². The maximum absolute atomic E-state index is 12.8. The van der Waals surface area contributed by atoms with E-state index in [2.05, 4.69) is 37.1 Å². The summed E-state index contributed by atoms with van der Waals surface area (Å²) in [4.78, 5) is 25.7. The van der Waals surface area contributed by atoms with Crippen LogP contribution in [0.15, 0.2) is 47.3 Å². The van der Waals surface area contributed by atoms with Gasteiger partial charge in [-0.3, -0.25) is 9.59 Å². The van der Waals surface area contributed by atoms with E-state index in [1.165, 1.54) is 17.7 Å². The zero-order valence-electron chi connectivity index (χ0n) is 14.3. The number of hydrogen-bond donors (Lipinski definition) is 1. The van der Waals surface area contributed by atoms with Gasteiger partial charge in [0.1, 0.15) is 11.5 Å². The first kappa shape index (κ1) is 16.2. The zero-order chi connectivity index (χ0) is 18.1. The molecule has 132 valence electrons. The molecule has 1 amide bonds. The number of hydrogen-bond acceptors (Lipinski definition) is 5. The Balaban J connectivity index is 1.64.